The summed E-state index contributed by atoms with van der Waals surface area (Å²) in [5, 5.41) is 11.3. The fourth-order valence-electron chi connectivity index (χ4n) is 1.25. The Hall–Kier alpha value is -1.30. The van der Waals surface area contributed by atoms with Crippen molar-refractivity contribution in [2.75, 3.05) is 26.3 Å². The molecule has 6 heteroatoms. The van der Waals surface area contributed by atoms with Gasteiger partial charge in [-0.1, -0.05) is 12.1 Å². The fourth-order valence-corrected chi connectivity index (χ4v) is 1.25. The van der Waals surface area contributed by atoms with Crippen LogP contribution in [0.5, 0.6) is 0 Å². The molecular weight excluding hydrogens is 210 g/mol. The van der Waals surface area contributed by atoms with Crippen LogP contribution in [-0.2, 0) is 9.53 Å². The van der Waals surface area contributed by atoms with Gasteiger partial charge in [0.15, 0.2) is 5.84 Å². The fraction of sp³-hybridized carbons (Fsp3) is 0.800. The lowest BCUT2D eigenvalue weighted by Gasteiger charge is -2.21. The molecule has 0 aliphatic carbocycles. The molecular formula is C10H21N3O3. The van der Waals surface area contributed by atoms with E-state index in [1.165, 1.54) is 0 Å². The highest BCUT2D eigenvalue weighted by atomic mass is 16.5. The second-order valence-electron chi connectivity index (χ2n) is 3.35. The van der Waals surface area contributed by atoms with E-state index in [2.05, 4.69) is 5.16 Å². The van der Waals surface area contributed by atoms with E-state index in [1.54, 1.807) is 4.90 Å². The Morgan fingerprint density at radius 3 is 2.69 bits per heavy atom. The monoisotopic (exact) mass is 231 g/mol. The van der Waals surface area contributed by atoms with Crippen LogP contribution in [0.1, 0.15) is 26.7 Å². The molecule has 0 aliphatic heterocycles. The molecule has 94 valence electrons. The summed E-state index contributed by atoms with van der Waals surface area (Å²) in [6, 6.07) is 0. The first kappa shape index (κ1) is 14.7. The third kappa shape index (κ3) is 6.23. The molecule has 0 fully saturated rings. The van der Waals surface area contributed by atoms with Gasteiger partial charge in [0.05, 0.1) is 19.6 Å². The zero-order chi connectivity index (χ0) is 12.4. The number of nitrogens with zero attached hydrogens (tertiary/aromatic N) is 2. The number of hydrogen-bond donors (Lipinski definition) is 2. The molecule has 0 aromatic rings. The molecule has 0 aromatic heterocycles. The Labute approximate surface area is 96.0 Å². The van der Waals surface area contributed by atoms with Crippen LogP contribution in [0, 0.1) is 0 Å². The highest BCUT2D eigenvalue weighted by Gasteiger charge is 2.13. The molecule has 6 nitrogen and oxygen atoms in total. The lowest BCUT2D eigenvalue weighted by Crippen LogP contribution is -2.39. The minimum absolute atomic E-state index is 0.0399. The third-order valence-electron chi connectivity index (χ3n) is 1.99. The summed E-state index contributed by atoms with van der Waals surface area (Å²) >= 11 is 0. The molecule has 0 heterocycles. The van der Waals surface area contributed by atoms with Gasteiger partial charge >= 0.3 is 0 Å². The number of carbonyl (C=O) groups is 1. The van der Waals surface area contributed by atoms with E-state index < -0.39 is 0 Å². The molecule has 0 unspecified atom stereocenters. The maximum atomic E-state index is 11.7. The number of oxime groups is 1. The smallest absolute Gasteiger partial charge is 0.225 e. The van der Waals surface area contributed by atoms with E-state index in [-0.39, 0.29) is 18.3 Å². The second kappa shape index (κ2) is 8.96. The number of ether oxygens (including phenoxy) is 1. The third-order valence-corrected chi connectivity index (χ3v) is 1.99. The van der Waals surface area contributed by atoms with Gasteiger partial charge in [0.25, 0.3) is 0 Å². The summed E-state index contributed by atoms with van der Waals surface area (Å²) in [6.07, 6.45) is 1.16. The lowest BCUT2D eigenvalue weighted by molar-refractivity contribution is -0.131. The molecule has 0 radical (unpaired) electrons. The Morgan fingerprint density at radius 2 is 2.19 bits per heavy atom. The Morgan fingerprint density at radius 1 is 1.50 bits per heavy atom. The van der Waals surface area contributed by atoms with Crippen LogP contribution >= 0.6 is 0 Å². The Kier molecular flexibility index (Phi) is 8.24. The SMILES string of the molecule is CCCN(CC(N)=NO)C(=O)CCOCC. The highest BCUT2D eigenvalue weighted by molar-refractivity contribution is 5.86. The zero-order valence-corrected chi connectivity index (χ0v) is 9.98. The predicted molar refractivity (Wildman–Crippen MR) is 61.4 cm³/mol. The average molecular weight is 231 g/mol. The molecule has 0 atom stereocenters. The molecule has 16 heavy (non-hydrogen) atoms. The van der Waals surface area contributed by atoms with Gasteiger partial charge in [-0.05, 0) is 13.3 Å². The molecule has 0 rings (SSSR count). The van der Waals surface area contributed by atoms with Gasteiger partial charge < -0.3 is 20.6 Å². The molecule has 0 bridgehead atoms. The number of carbonyl (C=O) groups excluding carboxylic acids is 1. The number of rotatable bonds is 8. The summed E-state index contributed by atoms with van der Waals surface area (Å²) in [6.45, 7) is 5.61. The van der Waals surface area contributed by atoms with Crippen molar-refractivity contribution >= 4 is 11.7 Å². The largest absolute Gasteiger partial charge is 0.409 e. The lowest BCUT2D eigenvalue weighted by atomic mass is 10.3. The van der Waals surface area contributed by atoms with Crippen LogP contribution in [-0.4, -0.2) is 48.2 Å². The summed E-state index contributed by atoms with van der Waals surface area (Å²) in [7, 11) is 0. The van der Waals surface area contributed by atoms with Gasteiger partial charge in [-0.2, -0.15) is 0 Å². The van der Waals surface area contributed by atoms with Crippen molar-refractivity contribution in [1.29, 1.82) is 0 Å². The van der Waals surface area contributed by atoms with E-state index in [0.717, 1.165) is 6.42 Å². The van der Waals surface area contributed by atoms with Gasteiger partial charge in [-0.3, -0.25) is 4.79 Å². The summed E-state index contributed by atoms with van der Waals surface area (Å²) < 4.78 is 5.11. The Balaban J connectivity index is 4.12. The molecule has 0 aliphatic rings. The first-order valence-electron chi connectivity index (χ1n) is 5.47. The van der Waals surface area contributed by atoms with Crippen molar-refractivity contribution in [3.63, 3.8) is 0 Å². The van der Waals surface area contributed by atoms with Crippen molar-refractivity contribution < 1.29 is 14.7 Å². The maximum absolute atomic E-state index is 11.7. The minimum Gasteiger partial charge on any atom is -0.409 e. The van der Waals surface area contributed by atoms with Gasteiger partial charge in [0.1, 0.15) is 0 Å². The Bertz CT molecular complexity index is 231. The van der Waals surface area contributed by atoms with Crippen molar-refractivity contribution in [2.24, 2.45) is 10.9 Å². The predicted octanol–water partition coefficient (Wildman–Crippen LogP) is 0.398. The molecule has 1 amide bonds. The van der Waals surface area contributed by atoms with Crippen molar-refractivity contribution in [3.05, 3.63) is 0 Å². The molecule has 0 aromatic carbocycles. The van der Waals surface area contributed by atoms with Gasteiger partial charge in [0, 0.05) is 13.2 Å². The number of nitrogens with two attached hydrogens (primary N) is 1. The first-order chi connectivity index (χ1) is 7.65. The maximum Gasteiger partial charge on any atom is 0.225 e. The van der Waals surface area contributed by atoms with E-state index in [0.29, 0.717) is 26.2 Å². The number of amides is 1. The van der Waals surface area contributed by atoms with Crippen molar-refractivity contribution in [1.82, 2.24) is 4.90 Å². The summed E-state index contributed by atoms with van der Waals surface area (Å²) in [5.41, 5.74) is 5.37. The molecule has 0 spiro atoms. The molecule has 0 saturated heterocycles. The zero-order valence-electron chi connectivity index (χ0n) is 9.98. The molecule has 3 N–H and O–H groups in total. The van der Waals surface area contributed by atoms with Crippen molar-refractivity contribution in [2.45, 2.75) is 26.7 Å². The highest BCUT2D eigenvalue weighted by Crippen LogP contribution is 1.97. The van der Waals surface area contributed by atoms with E-state index in [1.807, 2.05) is 13.8 Å². The number of hydrogen-bond acceptors (Lipinski definition) is 4. The van der Waals surface area contributed by atoms with Gasteiger partial charge in [-0.25, -0.2) is 0 Å². The normalized spacial score (nSPS) is 11.5. The van der Waals surface area contributed by atoms with Crippen LogP contribution < -0.4 is 5.73 Å². The minimum atomic E-state index is -0.0399. The standard InChI is InChI=1S/C10H21N3O3/c1-3-6-13(8-9(11)12-15)10(14)5-7-16-4-2/h15H,3-8H2,1-2H3,(H2,11,12). The second-order valence-corrected chi connectivity index (χ2v) is 3.35. The topological polar surface area (TPSA) is 88.1 Å². The van der Waals surface area contributed by atoms with E-state index in [4.69, 9.17) is 15.7 Å². The average Bonchev–Trinajstić information content (AvgIpc) is 2.28. The van der Waals surface area contributed by atoms with Crippen LogP contribution in [0.2, 0.25) is 0 Å². The van der Waals surface area contributed by atoms with E-state index >= 15 is 0 Å². The summed E-state index contributed by atoms with van der Waals surface area (Å²) in [5.74, 6) is 0.000102. The van der Waals surface area contributed by atoms with Gasteiger partial charge in [-0.15, -0.1) is 0 Å². The van der Waals surface area contributed by atoms with Crippen LogP contribution in [0.4, 0.5) is 0 Å². The van der Waals surface area contributed by atoms with Crippen LogP contribution in [0.3, 0.4) is 0 Å². The van der Waals surface area contributed by atoms with Crippen molar-refractivity contribution in [3.8, 4) is 0 Å². The summed E-state index contributed by atoms with van der Waals surface area (Å²) in [4.78, 5) is 13.3. The number of amidine groups is 1. The quantitative estimate of drug-likeness (QED) is 0.208. The first-order valence-corrected chi connectivity index (χ1v) is 5.47. The molecule has 0 saturated carbocycles. The van der Waals surface area contributed by atoms with Crippen LogP contribution in [0.15, 0.2) is 5.16 Å². The van der Waals surface area contributed by atoms with Crippen LogP contribution in [0.25, 0.3) is 0 Å². The van der Waals surface area contributed by atoms with Gasteiger partial charge in [0.2, 0.25) is 5.91 Å². The van der Waals surface area contributed by atoms with E-state index in [9.17, 15) is 4.79 Å².